The van der Waals surface area contributed by atoms with E-state index in [2.05, 4.69) is 19.2 Å². The summed E-state index contributed by atoms with van der Waals surface area (Å²) in [5, 5.41) is 4.10. The third-order valence-electron chi connectivity index (χ3n) is 3.77. The van der Waals surface area contributed by atoms with E-state index in [1.807, 2.05) is 29.2 Å². The van der Waals surface area contributed by atoms with Crippen molar-refractivity contribution in [2.75, 3.05) is 6.54 Å². The van der Waals surface area contributed by atoms with Gasteiger partial charge in [0, 0.05) is 30.1 Å². The standard InChI is InChI=1S/C16H23ClN2O.ClH/c1-12(2)19(11-13-5-3-6-14(17)9-13)16(20)10-15-7-4-8-18-15;/h3,5-6,9,12,15,18H,4,7-8,10-11H2,1-2H3;1H. The van der Waals surface area contributed by atoms with Crippen LogP contribution in [0, 0.1) is 0 Å². The number of hydrogen-bond donors (Lipinski definition) is 1. The van der Waals surface area contributed by atoms with Crippen molar-refractivity contribution in [1.29, 1.82) is 0 Å². The molecule has 1 aromatic carbocycles. The van der Waals surface area contributed by atoms with Crippen molar-refractivity contribution in [3.8, 4) is 0 Å². The van der Waals surface area contributed by atoms with Gasteiger partial charge in [0.2, 0.25) is 5.91 Å². The first-order valence-electron chi connectivity index (χ1n) is 7.33. The summed E-state index contributed by atoms with van der Waals surface area (Å²) in [4.78, 5) is 14.4. The fraction of sp³-hybridized carbons (Fsp3) is 0.562. The number of halogens is 2. The molecule has 21 heavy (non-hydrogen) atoms. The lowest BCUT2D eigenvalue weighted by Gasteiger charge is -2.28. The first-order valence-corrected chi connectivity index (χ1v) is 7.71. The summed E-state index contributed by atoms with van der Waals surface area (Å²) < 4.78 is 0. The smallest absolute Gasteiger partial charge is 0.224 e. The third-order valence-corrected chi connectivity index (χ3v) is 4.00. The lowest BCUT2D eigenvalue weighted by Crippen LogP contribution is -2.39. The predicted molar refractivity (Wildman–Crippen MR) is 90.0 cm³/mol. The minimum absolute atomic E-state index is 0. The van der Waals surface area contributed by atoms with Crippen molar-refractivity contribution in [1.82, 2.24) is 10.2 Å². The van der Waals surface area contributed by atoms with E-state index in [0.717, 1.165) is 23.6 Å². The number of carbonyl (C=O) groups excluding carboxylic acids is 1. The van der Waals surface area contributed by atoms with Crippen LogP contribution in [0.5, 0.6) is 0 Å². The van der Waals surface area contributed by atoms with Crippen molar-refractivity contribution in [2.45, 2.75) is 51.7 Å². The molecule has 2 rings (SSSR count). The first kappa shape index (κ1) is 18.3. The summed E-state index contributed by atoms with van der Waals surface area (Å²) in [6, 6.07) is 8.28. The largest absolute Gasteiger partial charge is 0.336 e. The quantitative estimate of drug-likeness (QED) is 0.893. The van der Waals surface area contributed by atoms with Gasteiger partial charge in [-0.1, -0.05) is 23.7 Å². The Morgan fingerprint density at radius 3 is 2.81 bits per heavy atom. The summed E-state index contributed by atoms with van der Waals surface area (Å²) >= 11 is 6.01. The number of amides is 1. The molecule has 0 aliphatic carbocycles. The highest BCUT2D eigenvalue weighted by Gasteiger charge is 2.23. The molecule has 1 aliphatic rings. The summed E-state index contributed by atoms with van der Waals surface area (Å²) in [5.74, 6) is 0.222. The molecule has 1 unspecified atom stereocenters. The minimum Gasteiger partial charge on any atom is -0.336 e. The average Bonchev–Trinajstić information content (AvgIpc) is 2.88. The lowest BCUT2D eigenvalue weighted by atomic mass is 10.1. The molecule has 1 saturated heterocycles. The van der Waals surface area contributed by atoms with Gasteiger partial charge in [0.1, 0.15) is 0 Å². The fourth-order valence-corrected chi connectivity index (χ4v) is 2.86. The van der Waals surface area contributed by atoms with Crippen molar-refractivity contribution in [3.05, 3.63) is 34.9 Å². The summed E-state index contributed by atoms with van der Waals surface area (Å²) in [7, 11) is 0. The Morgan fingerprint density at radius 1 is 1.48 bits per heavy atom. The second-order valence-electron chi connectivity index (χ2n) is 5.74. The van der Waals surface area contributed by atoms with Crippen LogP contribution in [0.3, 0.4) is 0 Å². The van der Waals surface area contributed by atoms with Gasteiger partial charge in [-0.2, -0.15) is 0 Å². The van der Waals surface area contributed by atoms with Crippen molar-refractivity contribution < 1.29 is 4.79 Å². The zero-order valence-corrected chi connectivity index (χ0v) is 14.2. The van der Waals surface area contributed by atoms with Gasteiger partial charge in [0.25, 0.3) is 0 Å². The van der Waals surface area contributed by atoms with E-state index >= 15 is 0 Å². The van der Waals surface area contributed by atoms with E-state index in [4.69, 9.17) is 11.6 Å². The SMILES string of the molecule is CC(C)N(Cc1cccc(Cl)c1)C(=O)CC1CCCN1.Cl. The van der Waals surface area contributed by atoms with E-state index in [9.17, 15) is 4.79 Å². The normalized spacial score (nSPS) is 17.6. The molecule has 5 heteroatoms. The Bertz CT molecular complexity index is 459. The Balaban J connectivity index is 0.00000220. The number of benzene rings is 1. The molecule has 1 aliphatic heterocycles. The molecule has 118 valence electrons. The maximum Gasteiger partial charge on any atom is 0.224 e. The van der Waals surface area contributed by atoms with Crippen LogP contribution >= 0.6 is 24.0 Å². The Kier molecular flexibility index (Phi) is 7.50. The van der Waals surface area contributed by atoms with Gasteiger partial charge >= 0.3 is 0 Å². The van der Waals surface area contributed by atoms with Gasteiger partial charge in [0.15, 0.2) is 0 Å². The monoisotopic (exact) mass is 330 g/mol. The van der Waals surface area contributed by atoms with Crippen molar-refractivity contribution in [2.24, 2.45) is 0 Å². The average molecular weight is 331 g/mol. The van der Waals surface area contributed by atoms with Crippen molar-refractivity contribution >= 4 is 29.9 Å². The Hall–Kier alpha value is -0.770. The fourth-order valence-electron chi connectivity index (χ4n) is 2.65. The van der Waals surface area contributed by atoms with Crippen LogP contribution in [0.15, 0.2) is 24.3 Å². The molecule has 0 radical (unpaired) electrons. The molecule has 1 aromatic rings. The third kappa shape index (κ3) is 5.50. The maximum absolute atomic E-state index is 12.5. The van der Waals surface area contributed by atoms with Crippen LogP contribution in [0.25, 0.3) is 0 Å². The zero-order chi connectivity index (χ0) is 14.5. The molecule has 3 nitrogen and oxygen atoms in total. The summed E-state index contributed by atoms with van der Waals surface area (Å²) in [5.41, 5.74) is 1.08. The molecular weight excluding hydrogens is 307 g/mol. The molecule has 1 heterocycles. The molecule has 0 bridgehead atoms. The number of nitrogens with one attached hydrogen (secondary N) is 1. The highest BCUT2D eigenvalue weighted by Crippen LogP contribution is 2.17. The van der Waals surface area contributed by atoms with Gasteiger partial charge < -0.3 is 10.2 Å². The van der Waals surface area contributed by atoms with E-state index < -0.39 is 0 Å². The zero-order valence-electron chi connectivity index (χ0n) is 12.6. The van der Waals surface area contributed by atoms with Crippen LogP contribution in [0.1, 0.15) is 38.7 Å². The molecule has 0 saturated carbocycles. The Morgan fingerprint density at radius 2 is 2.24 bits per heavy atom. The van der Waals surface area contributed by atoms with Crippen molar-refractivity contribution in [3.63, 3.8) is 0 Å². The second-order valence-corrected chi connectivity index (χ2v) is 6.18. The van der Waals surface area contributed by atoms with Crippen LogP contribution in [-0.4, -0.2) is 29.4 Å². The van der Waals surface area contributed by atoms with Gasteiger partial charge in [0.05, 0.1) is 0 Å². The minimum atomic E-state index is 0. The van der Waals surface area contributed by atoms with Crippen LogP contribution in [0.4, 0.5) is 0 Å². The van der Waals surface area contributed by atoms with Gasteiger partial charge in [-0.25, -0.2) is 0 Å². The van der Waals surface area contributed by atoms with E-state index in [-0.39, 0.29) is 24.4 Å². The van der Waals surface area contributed by atoms with Gasteiger partial charge in [-0.05, 0) is 50.9 Å². The van der Waals surface area contributed by atoms with E-state index in [0.29, 0.717) is 19.0 Å². The number of carbonyl (C=O) groups is 1. The molecule has 1 atom stereocenters. The summed E-state index contributed by atoms with van der Waals surface area (Å²) in [6.45, 7) is 5.78. The molecule has 0 aromatic heterocycles. The molecular formula is C16H24Cl2N2O. The molecule has 0 spiro atoms. The van der Waals surface area contributed by atoms with Crippen LogP contribution in [-0.2, 0) is 11.3 Å². The van der Waals surface area contributed by atoms with Crippen LogP contribution < -0.4 is 5.32 Å². The predicted octanol–water partition coefficient (Wildman–Crippen LogP) is 3.64. The second kappa shape index (κ2) is 8.62. The first-order chi connectivity index (χ1) is 9.56. The highest BCUT2D eigenvalue weighted by molar-refractivity contribution is 6.30. The molecule has 1 fully saturated rings. The Labute approximate surface area is 138 Å². The van der Waals surface area contributed by atoms with Gasteiger partial charge in [-0.3, -0.25) is 4.79 Å². The van der Waals surface area contributed by atoms with E-state index in [1.165, 1.54) is 6.42 Å². The lowest BCUT2D eigenvalue weighted by molar-refractivity contribution is -0.134. The summed E-state index contributed by atoms with van der Waals surface area (Å²) in [6.07, 6.45) is 2.88. The van der Waals surface area contributed by atoms with E-state index in [1.54, 1.807) is 0 Å². The highest BCUT2D eigenvalue weighted by atomic mass is 35.5. The topological polar surface area (TPSA) is 32.3 Å². The molecule has 1 amide bonds. The van der Waals surface area contributed by atoms with Crippen LogP contribution in [0.2, 0.25) is 5.02 Å². The number of rotatable bonds is 5. The number of hydrogen-bond acceptors (Lipinski definition) is 2. The molecule has 1 N–H and O–H groups in total. The maximum atomic E-state index is 12.5. The van der Waals surface area contributed by atoms with Gasteiger partial charge in [-0.15, -0.1) is 12.4 Å². The number of nitrogens with zero attached hydrogens (tertiary/aromatic N) is 1.